The average molecular weight is 278 g/mol. The first-order chi connectivity index (χ1) is 8.31. The summed E-state index contributed by atoms with van der Waals surface area (Å²) >= 11 is 0. The summed E-state index contributed by atoms with van der Waals surface area (Å²) in [4.78, 5) is 0. The van der Waals surface area contributed by atoms with Crippen LogP contribution in [0, 0.1) is 0 Å². The minimum Gasteiger partial charge on any atom is -0.384 e. The lowest BCUT2D eigenvalue weighted by molar-refractivity contribution is 0.0443. The van der Waals surface area contributed by atoms with E-state index in [1.807, 2.05) is 35.5 Å². The number of ether oxygens (including phenoxy) is 2. The minimum atomic E-state index is -3.18. The molecule has 1 heterocycles. The van der Waals surface area contributed by atoms with Gasteiger partial charge in [0.25, 0.3) is 0 Å². The molecular formula is C11H24BO5P. The Balaban J connectivity index is 2.48. The molecule has 18 heavy (non-hydrogen) atoms. The second-order valence-corrected chi connectivity index (χ2v) is 7.12. The van der Waals surface area contributed by atoms with Gasteiger partial charge in [0, 0.05) is 6.00 Å². The lowest BCUT2D eigenvalue weighted by atomic mass is 9.97. The summed E-state index contributed by atoms with van der Waals surface area (Å²) in [5.74, 6) is 0. The molecule has 0 N–H and O–H groups in total. The zero-order valence-electron chi connectivity index (χ0n) is 11.9. The van der Waals surface area contributed by atoms with Gasteiger partial charge in [0.05, 0.1) is 24.9 Å². The van der Waals surface area contributed by atoms with Gasteiger partial charge in [-0.1, -0.05) is 0 Å². The second-order valence-electron chi connectivity index (χ2n) is 5.22. The van der Waals surface area contributed by atoms with Crippen molar-refractivity contribution < 1.29 is 23.1 Å². The molecule has 0 bridgehead atoms. The van der Waals surface area contributed by atoms with E-state index in [0.717, 1.165) is 6.42 Å². The molecule has 0 aromatic heterocycles. The average Bonchev–Trinajstić information content (AvgIpc) is 2.59. The monoisotopic (exact) mass is 278 g/mol. The standard InChI is InChI=1S/C11H24BO5P/c1-8(2)16-18(13,17-9(3)4)7-15-10-5-11(12)14-6-10/h8-11H,5-7,12H2,1-4H3/t10-,11-/m1/s1. The number of hydrogen-bond acceptors (Lipinski definition) is 5. The van der Waals surface area contributed by atoms with Crippen molar-refractivity contribution in [1.29, 1.82) is 0 Å². The van der Waals surface area contributed by atoms with Crippen LogP contribution in [0.1, 0.15) is 34.1 Å². The second kappa shape index (κ2) is 7.06. The summed E-state index contributed by atoms with van der Waals surface area (Å²) in [5, 5.41) is 0. The third-order valence-electron chi connectivity index (χ3n) is 2.37. The van der Waals surface area contributed by atoms with E-state index in [4.69, 9.17) is 18.5 Å². The Bertz CT molecular complexity index is 283. The molecule has 0 amide bonds. The largest absolute Gasteiger partial charge is 0.384 e. The molecule has 1 aliphatic heterocycles. The van der Waals surface area contributed by atoms with Crippen LogP contribution in [0.2, 0.25) is 0 Å². The van der Waals surface area contributed by atoms with Gasteiger partial charge in [-0.05, 0) is 34.1 Å². The lowest BCUT2D eigenvalue weighted by Gasteiger charge is -2.23. The van der Waals surface area contributed by atoms with Crippen molar-refractivity contribution in [2.75, 3.05) is 13.0 Å². The topological polar surface area (TPSA) is 54.0 Å². The first-order valence-corrected chi connectivity index (χ1v) is 8.22. The Kier molecular flexibility index (Phi) is 6.35. The zero-order valence-corrected chi connectivity index (χ0v) is 12.8. The van der Waals surface area contributed by atoms with Gasteiger partial charge in [0.2, 0.25) is 0 Å². The molecule has 0 aromatic carbocycles. The van der Waals surface area contributed by atoms with Crippen LogP contribution in [-0.2, 0) is 23.1 Å². The maximum atomic E-state index is 12.5. The van der Waals surface area contributed by atoms with Crippen molar-refractivity contribution in [2.45, 2.75) is 58.4 Å². The van der Waals surface area contributed by atoms with E-state index in [1.165, 1.54) is 0 Å². The summed E-state index contributed by atoms with van der Waals surface area (Å²) in [6.07, 6.45) is 0.488. The normalized spacial score (nSPS) is 25.2. The molecule has 1 aliphatic rings. The zero-order chi connectivity index (χ0) is 13.8. The molecule has 7 heteroatoms. The number of hydrogen-bond donors (Lipinski definition) is 0. The Morgan fingerprint density at radius 3 is 2.22 bits per heavy atom. The van der Waals surface area contributed by atoms with E-state index in [9.17, 15) is 4.57 Å². The fourth-order valence-corrected chi connectivity index (χ4v) is 3.67. The minimum absolute atomic E-state index is 0.00981. The molecule has 0 unspecified atom stereocenters. The Morgan fingerprint density at radius 1 is 1.28 bits per heavy atom. The highest BCUT2D eigenvalue weighted by Crippen LogP contribution is 2.50. The maximum absolute atomic E-state index is 12.5. The van der Waals surface area contributed by atoms with Gasteiger partial charge in [0.1, 0.15) is 14.2 Å². The van der Waals surface area contributed by atoms with Crippen LogP contribution in [-0.4, -0.2) is 45.1 Å². The Morgan fingerprint density at radius 2 is 1.83 bits per heavy atom. The van der Waals surface area contributed by atoms with Gasteiger partial charge in [-0.15, -0.1) is 0 Å². The summed E-state index contributed by atoms with van der Waals surface area (Å²) in [7, 11) is -1.18. The van der Waals surface area contributed by atoms with Crippen LogP contribution in [0.5, 0.6) is 0 Å². The molecule has 0 aromatic rings. The van der Waals surface area contributed by atoms with E-state index in [1.54, 1.807) is 0 Å². The van der Waals surface area contributed by atoms with Crippen molar-refractivity contribution >= 4 is 15.4 Å². The fourth-order valence-electron chi connectivity index (χ4n) is 1.82. The van der Waals surface area contributed by atoms with E-state index in [0.29, 0.717) is 6.61 Å². The summed E-state index contributed by atoms with van der Waals surface area (Å²) in [5.41, 5.74) is 0. The van der Waals surface area contributed by atoms with Crippen LogP contribution in [0.25, 0.3) is 0 Å². The molecule has 2 atom stereocenters. The highest BCUT2D eigenvalue weighted by molar-refractivity contribution is 7.53. The van der Waals surface area contributed by atoms with Crippen LogP contribution < -0.4 is 0 Å². The molecule has 1 fully saturated rings. The van der Waals surface area contributed by atoms with Gasteiger partial charge >= 0.3 is 7.60 Å². The Hall–Kier alpha value is 0.135. The van der Waals surface area contributed by atoms with Gasteiger partial charge < -0.3 is 18.5 Å². The molecule has 5 nitrogen and oxygen atoms in total. The third kappa shape index (κ3) is 5.85. The van der Waals surface area contributed by atoms with Crippen molar-refractivity contribution in [3.05, 3.63) is 0 Å². The van der Waals surface area contributed by atoms with Crippen LogP contribution in [0.3, 0.4) is 0 Å². The van der Waals surface area contributed by atoms with Crippen LogP contribution in [0.4, 0.5) is 0 Å². The van der Waals surface area contributed by atoms with Gasteiger partial charge in [0.15, 0.2) is 0 Å². The molecule has 1 rings (SSSR count). The predicted molar refractivity (Wildman–Crippen MR) is 72.7 cm³/mol. The SMILES string of the molecule is B[C@H]1C[C@@H](OCP(=O)(OC(C)C)OC(C)C)CO1. The quantitative estimate of drug-likeness (QED) is 0.524. The van der Waals surface area contributed by atoms with Crippen molar-refractivity contribution in [2.24, 2.45) is 0 Å². The predicted octanol–water partition coefficient (Wildman–Crippen LogP) is 1.75. The fraction of sp³-hybridized carbons (Fsp3) is 1.00. The van der Waals surface area contributed by atoms with E-state index < -0.39 is 7.60 Å². The first kappa shape index (κ1) is 16.2. The highest BCUT2D eigenvalue weighted by Gasteiger charge is 2.31. The lowest BCUT2D eigenvalue weighted by Crippen LogP contribution is -2.18. The molecule has 0 spiro atoms. The maximum Gasteiger partial charge on any atom is 0.356 e. The third-order valence-corrected chi connectivity index (χ3v) is 4.32. The van der Waals surface area contributed by atoms with Gasteiger partial charge in [-0.3, -0.25) is 4.57 Å². The molecule has 106 valence electrons. The summed E-state index contributed by atoms with van der Waals surface area (Å²) < 4.78 is 34.3. The first-order valence-electron chi connectivity index (χ1n) is 6.50. The van der Waals surface area contributed by atoms with Crippen molar-refractivity contribution in [3.63, 3.8) is 0 Å². The summed E-state index contributed by atoms with van der Waals surface area (Å²) in [6, 6.07) is 0.200. The van der Waals surface area contributed by atoms with E-state index in [2.05, 4.69) is 0 Å². The smallest absolute Gasteiger partial charge is 0.356 e. The van der Waals surface area contributed by atoms with E-state index in [-0.39, 0.29) is 30.7 Å². The van der Waals surface area contributed by atoms with E-state index >= 15 is 0 Å². The Labute approximate surface area is 110 Å². The van der Waals surface area contributed by atoms with Crippen molar-refractivity contribution in [1.82, 2.24) is 0 Å². The molecule has 1 saturated heterocycles. The van der Waals surface area contributed by atoms with Crippen LogP contribution >= 0.6 is 7.60 Å². The van der Waals surface area contributed by atoms with Crippen molar-refractivity contribution in [3.8, 4) is 0 Å². The molecule has 0 radical (unpaired) electrons. The van der Waals surface area contributed by atoms with Crippen LogP contribution in [0.15, 0.2) is 0 Å². The molecular weight excluding hydrogens is 254 g/mol. The van der Waals surface area contributed by atoms with Gasteiger partial charge in [-0.25, -0.2) is 0 Å². The van der Waals surface area contributed by atoms with Gasteiger partial charge in [-0.2, -0.15) is 0 Å². The summed E-state index contributed by atoms with van der Waals surface area (Å²) in [6.45, 7) is 7.87. The molecule has 0 saturated carbocycles. The highest BCUT2D eigenvalue weighted by atomic mass is 31.2. The number of rotatable bonds is 7. The molecule has 0 aliphatic carbocycles.